The Hall–Kier alpha value is -0.810. The topological polar surface area (TPSA) is 65.9 Å². The Balaban J connectivity index is 2.44. The van der Waals surface area contributed by atoms with Crippen molar-refractivity contribution in [2.24, 2.45) is 10.4 Å². The number of nitrogens with zero attached hydrogens (tertiary/aromatic N) is 1. The van der Waals surface area contributed by atoms with Crippen LogP contribution in [0, 0.1) is 5.41 Å². The minimum absolute atomic E-state index is 0.0768. The van der Waals surface area contributed by atoms with Crippen molar-refractivity contribution in [3.8, 4) is 0 Å². The monoisotopic (exact) mass is 285 g/mol. The molecule has 0 amide bonds. The van der Waals surface area contributed by atoms with Gasteiger partial charge in [0.1, 0.15) is 0 Å². The van der Waals surface area contributed by atoms with E-state index in [0.717, 1.165) is 32.0 Å². The largest absolute Gasteiger partial charge is 0.394 e. The van der Waals surface area contributed by atoms with Crippen LogP contribution in [-0.4, -0.2) is 49.5 Å². The molecule has 5 nitrogen and oxygen atoms in total. The third-order valence-corrected chi connectivity index (χ3v) is 4.02. The Labute approximate surface area is 123 Å². The first-order valence-electron chi connectivity index (χ1n) is 7.83. The predicted molar refractivity (Wildman–Crippen MR) is 83.0 cm³/mol. The van der Waals surface area contributed by atoms with Gasteiger partial charge in [0, 0.05) is 24.6 Å². The first-order valence-corrected chi connectivity index (χ1v) is 7.83. The van der Waals surface area contributed by atoms with Crippen molar-refractivity contribution in [2.45, 2.75) is 59.1 Å². The highest BCUT2D eigenvalue weighted by atomic mass is 16.5. The second-order valence-corrected chi connectivity index (χ2v) is 5.95. The summed E-state index contributed by atoms with van der Waals surface area (Å²) >= 11 is 0. The van der Waals surface area contributed by atoms with E-state index in [-0.39, 0.29) is 12.0 Å². The fourth-order valence-electron chi connectivity index (χ4n) is 2.43. The molecule has 1 aliphatic carbocycles. The van der Waals surface area contributed by atoms with Crippen LogP contribution in [0.2, 0.25) is 0 Å². The molecule has 1 saturated carbocycles. The van der Waals surface area contributed by atoms with Gasteiger partial charge in [0.05, 0.1) is 19.3 Å². The number of aliphatic hydroxyl groups excluding tert-OH is 1. The molecule has 5 heteroatoms. The average molecular weight is 285 g/mol. The van der Waals surface area contributed by atoms with Gasteiger partial charge < -0.3 is 20.5 Å². The second kappa shape index (κ2) is 8.47. The Morgan fingerprint density at radius 3 is 2.70 bits per heavy atom. The van der Waals surface area contributed by atoms with E-state index in [4.69, 9.17) is 9.84 Å². The van der Waals surface area contributed by atoms with Crippen LogP contribution in [0.4, 0.5) is 0 Å². The van der Waals surface area contributed by atoms with Crippen molar-refractivity contribution in [1.29, 1.82) is 0 Å². The van der Waals surface area contributed by atoms with Gasteiger partial charge in [-0.2, -0.15) is 0 Å². The number of rotatable bonds is 8. The van der Waals surface area contributed by atoms with Crippen LogP contribution < -0.4 is 10.6 Å². The highest BCUT2D eigenvalue weighted by Crippen LogP contribution is 2.42. The van der Waals surface area contributed by atoms with Gasteiger partial charge in [0.2, 0.25) is 0 Å². The number of nitrogens with one attached hydrogen (secondary N) is 2. The fourth-order valence-corrected chi connectivity index (χ4v) is 2.43. The number of guanidine groups is 1. The SMILES string of the molecule is CCCCOC1CC(NC(=NCCO)NCC)C1(C)C. The molecular formula is C15H31N3O2. The van der Waals surface area contributed by atoms with Crippen molar-refractivity contribution in [3.05, 3.63) is 0 Å². The van der Waals surface area contributed by atoms with Crippen molar-refractivity contribution in [3.63, 3.8) is 0 Å². The van der Waals surface area contributed by atoms with Gasteiger partial charge in [-0.05, 0) is 19.8 Å². The molecule has 0 bridgehead atoms. The number of unbranched alkanes of at least 4 members (excludes halogenated alkanes) is 1. The lowest BCUT2D eigenvalue weighted by Gasteiger charge is -2.52. The van der Waals surface area contributed by atoms with Crippen molar-refractivity contribution in [2.75, 3.05) is 26.3 Å². The second-order valence-electron chi connectivity index (χ2n) is 5.95. The standard InChI is InChI=1S/C15H31N3O2/c1-5-7-10-20-13-11-12(15(13,3)4)18-14(16-6-2)17-8-9-19/h12-13,19H,5-11H2,1-4H3,(H2,16,17,18). The van der Waals surface area contributed by atoms with E-state index < -0.39 is 0 Å². The highest BCUT2D eigenvalue weighted by molar-refractivity contribution is 5.80. The Morgan fingerprint density at radius 2 is 2.15 bits per heavy atom. The molecule has 118 valence electrons. The van der Waals surface area contributed by atoms with Gasteiger partial charge in [0.15, 0.2) is 5.96 Å². The summed E-state index contributed by atoms with van der Waals surface area (Å²) < 4.78 is 5.95. The van der Waals surface area contributed by atoms with E-state index in [1.165, 1.54) is 6.42 Å². The molecule has 0 spiro atoms. The molecule has 20 heavy (non-hydrogen) atoms. The molecule has 0 aromatic heterocycles. The van der Waals surface area contributed by atoms with Gasteiger partial charge in [-0.25, -0.2) is 0 Å². The number of aliphatic imine (C=N–C) groups is 1. The summed E-state index contributed by atoms with van der Waals surface area (Å²) in [7, 11) is 0. The third-order valence-electron chi connectivity index (χ3n) is 4.02. The van der Waals surface area contributed by atoms with Crippen LogP contribution in [0.15, 0.2) is 4.99 Å². The average Bonchev–Trinajstić information content (AvgIpc) is 2.42. The summed E-state index contributed by atoms with van der Waals surface area (Å²) in [4.78, 5) is 4.32. The minimum Gasteiger partial charge on any atom is -0.394 e. The molecule has 2 atom stereocenters. The summed E-state index contributed by atoms with van der Waals surface area (Å²) in [5.74, 6) is 0.784. The molecule has 0 aromatic rings. The summed E-state index contributed by atoms with van der Waals surface area (Å²) in [6.45, 7) is 10.9. The van der Waals surface area contributed by atoms with E-state index >= 15 is 0 Å². The number of aliphatic hydroxyl groups is 1. The van der Waals surface area contributed by atoms with Gasteiger partial charge in [-0.1, -0.05) is 27.2 Å². The normalized spacial score (nSPS) is 25.1. The third kappa shape index (κ3) is 4.63. The molecular weight excluding hydrogens is 254 g/mol. The molecule has 1 fully saturated rings. The quantitative estimate of drug-likeness (QED) is 0.359. The van der Waals surface area contributed by atoms with Gasteiger partial charge in [0.25, 0.3) is 0 Å². The summed E-state index contributed by atoms with van der Waals surface area (Å²) in [6, 6.07) is 0.366. The van der Waals surface area contributed by atoms with Gasteiger partial charge in [-0.15, -0.1) is 0 Å². The van der Waals surface area contributed by atoms with Crippen LogP contribution >= 0.6 is 0 Å². The Morgan fingerprint density at radius 1 is 1.40 bits per heavy atom. The zero-order valence-electron chi connectivity index (χ0n) is 13.4. The van der Waals surface area contributed by atoms with Crippen LogP contribution in [-0.2, 0) is 4.74 Å². The lowest BCUT2D eigenvalue weighted by atomic mass is 9.64. The zero-order valence-corrected chi connectivity index (χ0v) is 13.4. The molecule has 1 rings (SSSR count). The number of hydrogen-bond donors (Lipinski definition) is 3. The first kappa shape index (κ1) is 17.2. The summed E-state index contributed by atoms with van der Waals surface area (Å²) in [6.07, 6.45) is 3.64. The molecule has 0 saturated heterocycles. The van der Waals surface area contributed by atoms with Crippen molar-refractivity contribution in [1.82, 2.24) is 10.6 Å². The maximum atomic E-state index is 8.87. The van der Waals surface area contributed by atoms with E-state index in [2.05, 4.69) is 36.4 Å². The molecule has 0 aromatic carbocycles. The van der Waals surface area contributed by atoms with Crippen LogP contribution in [0.5, 0.6) is 0 Å². The molecule has 2 unspecified atom stereocenters. The van der Waals surface area contributed by atoms with Crippen molar-refractivity contribution >= 4 is 5.96 Å². The maximum Gasteiger partial charge on any atom is 0.191 e. The molecule has 0 aliphatic heterocycles. The molecule has 0 heterocycles. The summed E-state index contributed by atoms with van der Waals surface area (Å²) in [5.41, 5.74) is 0.114. The molecule has 0 radical (unpaired) electrons. The highest BCUT2D eigenvalue weighted by Gasteiger charge is 2.49. The van der Waals surface area contributed by atoms with Crippen molar-refractivity contribution < 1.29 is 9.84 Å². The van der Waals surface area contributed by atoms with Gasteiger partial charge >= 0.3 is 0 Å². The molecule has 3 N–H and O–H groups in total. The van der Waals surface area contributed by atoms with Crippen LogP contribution in [0.25, 0.3) is 0 Å². The van der Waals surface area contributed by atoms with Gasteiger partial charge in [-0.3, -0.25) is 4.99 Å². The zero-order chi connectivity index (χ0) is 15.0. The van der Waals surface area contributed by atoms with E-state index in [0.29, 0.717) is 18.7 Å². The molecule has 1 aliphatic rings. The Kier molecular flexibility index (Phi) is 7.30. The minimum atomic E-state index is 0.0768. The Bertz CT molecular complexity index is 305. The van der Waals surface area contributed by atoms with Crippen LogP contribution in [0.1, 0.15) is 47.0 Å². The lowest BCUT2D eigenvalue weighted by molar-refractivity contribution is -0.113. The lowest BCUT2D eigenvalue weighted by Crippen LogP contribution is -2.63. The predicted octanol–water partition coefficient (Wildman–Crippen LogP) is 1.52. The first-order chi connectivity index (χ1) is 9.56. The fraction of sp³-hybridized carbons (Fsp3) is 0.933. The van der Waals surface area contributed by atoms with E-state index in [9.17, 15) is 0 Å². The number of ether oxygens (including phenoxy) is 1. The van der Waals surface area contributed by atoms with E-state index in [1.807, 2.05) is 6.92 Å². The smallest absolute Gasteiger partial charge is 0.191 e. The maximum absolute atomic E-state index is 8.87. The van der Waals surface area contributed by atoms with E-state index in [1.54, 1.807) is 0 Å². The van der Waals surface area contributed by atoms with Crippen LogP contribution in [0.3, 0.4) is 0 Å². The summed E-state index contributed by atoms with van der Waals surface area (Å²) in [5, 5.41) is 15.5. The number of hydrogen-bond acceptors (Lipinski definition) is 3.